The van der Waals surface area contributed by atoms with Crippen LogP contribution in [0.1, 0.15) is 30.7 Å². The SMILES string of the molecule is C[C@H](NC(=O)C1(N)CCOCC1)c1cccs1. The summed E-state index contributed by atoms with van der Waals surface area (Å²) in [5, 5.41) is 4.99. The van der Waals surface area contributed by atoms with E-state index in [1.807, 2.05) is 24.4 Å². The zero-order valence-electron chi connectivity index (χ0n) is 9.94. The van der Waals surface area contributed by atoms with Gasteiger partial charge in [0.05, 0.1) is 11.6 Å². The van der Waals surface area contributed by atoms with Crippen molar-refractivity contribution in [2.24, 2.45) is 5.73 Å². The minimum atomic E-state index is -0.760. The lowest BCUT2D eigenvalue weighted by Crippen LogP contribution is -2.57. The third kappa shape index (κ3) is 2.86. The molecule has 0 unspecified atom stereocenters. The van der Waals surface area contributed by atoms with Crippen LogP contribution < -0.4 is 11.1 Å². The topological polar surface area (TPSA) is 64.4 Å². The highest BCUT2D eigenvalue weighted by Crippen LogP contribution is 2.22. The molecular formula is C12H18N2O2S. The molecule has 0 aliphatic carbocycles. The van der Waals surface area contributed by atoms with E-state index in [1.165, 1.54) is 0 Å². The van der Waals surface area contributed by atoms with Crippen molar-refractivity contribution < 1.29 is 9.53 Å². The Kier molecular flexibility index (Phi) is 3.81. The van der Waals surface area contributed by atoms with E-state index in [-0.39, 0.29) is 11.9 Å². The molecule has 1 aromatic heterocycles. The Balaban J connectivity index is 1.96. The minimum Gasteiger partial charge on any atom is -0.381 e. The summed E-state index contributed by atoms with van der Waals surface area (Å²) in [5.74, 6) is -0.0679. The predicted octanol–water partition coefficient (Wildman–Crippen LogP) is 1.43. The Morgan fingerprint density at radius 1 is 1.59 bits per heavy atom. The molecule has 1 fully saturated rings. The van der Waals surface area contributed by atoms with E-state index in [2.05, 4.69) is 5.32 Å². The fourth-order valence-electron chi connectivity index (χ4n) is 1.91. The summed E-state index contributed by atoms with van der Waals surface area (Å²) in [6.07, 6.45) is 1.19. The molecule has 94 valence electrons. The van der Waals surface area contributed by atoms with Crippen molar-refractivity contribution in [2.75, 3.05) is 13.2 Å². The van der Waals surface area contributed by atoms with Crippen LogP contribution in [0.4, 0.5) is 0 Å². The van der Waals surface area contributed by atoms with Crippen LogP contribution in [0.5, 0.6) is 0 Å². The van der Waals surface area contributed by atoms with Crippen LogP contribution in [0, 0.1) is 0 Å². The number of ether oxygens (including phenoxy) is 1. The lowest BCUT2D eigenvalue weighted by Gasteiger charge is -2.32. The number of carbonyl (C=O) groups excluding carboxylic acids is 1. The molecule has 1 atom stereocenters. The van der Waals surface area contributed by atoms with E-state index in [0.717, 1.165) is 4.88 Å². The maximum atomic E-state index is 12.1. The first-order chi connectivity index (χ1) is 8.12. The molecule has 1 aliphatic rings. The van der Waals surface area contributed by atoms with Gasteiger partial charge in [0.25, 0.3) is 0 Å². The Bertz CT molecular complexity index is 372. The number of rotatable bonds is 3. The fraction of sp³-hybridized carbons (Fsp3) is 0.583. The van der Waals surface area contributed by atoms with Gasteiger partial charge >= 0.3 is 0 Å². The summed E-state index contributed by atoms with van der Waals surface area (Å²) in [5.41, 5.74) is 5.36. The number of amides is 1. The number of hydrogen-bond donors (Lipinski definition) is 2. The van der Waals surface area contributed by atoms with Gasteiger partial charge in [-0.15, -0.1) is 11.3 Å². The molecule has 5 heteroatoms. The molecule has 1 amide bonds. The number of hydrogen-bond acceptors (Lipinski definition) is 4. The van der Waals surface area contributed by atoms with E-state index in [4.69, 9.17) is 10.5 Å². The zero-order chi connectivity index (χ0) is 12.3. The van der Waals surface area contributed by atoms with Gasteiger partial charge in [0.2, 0.25) is 5.91 Å². The Morgan fingerprint density at radius 2 is 2.29 bits per heavy atom. The van der Waals surface area contributed by atoms with Gasteiger partial charge in [-0.25, -0.2) is 0 Å². The first-order valence-corrected chi connectivity index (χ1v) is 6.71. The van der Waals surface area contributed by atoms with Crippen molar-refractivity contribution in [1.82, 2.24) is 5.32 Å². The number of nitrogens with two attached hydrogens (primary N) is 1. The van der Waals surface area contributed by atoms with Crippen molar-refractivity contribution in [2.45, 2.75) is 31.3 Å². The van der Waals surface area contributed by atoms with Crippen molar-refractivity contribution >= 4 is 17.2 Å². The second-order valence-corrected chi connectivity index (χ2v) is 5.46. The standard InChI is InChI=1S/C12H18N2O2S/c1-9(10-3-2-8-17-10)14-11(15)12(13)4-6-16-7-5-12/h2-3,8-9H,4-7,13H2,1H3,(H,14,15)/t9-/m0/s1. The smallest absolute Gasteiger partial charge is 0.240 e. The Labute approximate surface area is 105 Å². The molecule has 1 aromatic rings. The normalized spacial score (nSPS) is 20.8. The molecule has 0 aromatic carbocycles. The summed E-state index contributed by atoms with van der Waals surface area (Å²) in [7, 11) is 0. The lowest BCUT2D eigenvalue weighted by molar-refractivity contribution is -0.130. The van der Waals surface area contributed by atoms with E-state index in [1.54, 1.807) is 11.3 Å². The van der Waals surface area contributed by atoms with Crippen LogP contribution in [0.15, 0.2) is 17.5 Å². The largest absolute Gasteiger partial charge is 0.381 e. The van der Waals surface area contributed by atoms with Gasteiger partial charge in [-0.2, -0.15) is 0 Å². The van der Waals surface area contributed by atoms with Gasteiger partial charge in [-0.1, -0.05) is 6.07 Å². The molecule has 0 bridgehead atoms. The zero-order valence-corrected chi connectivity index (χ0v) is 10.8. The highest BCUT2D eigenvalue weighted by molar-refractivity contribution is 7.10. The molecule has 2 rings (SSSR count). The van der Waals surface area contributed by atoms with E-state index >= 15 is 0 Å². The third-order valence-corrected chi connectivity index (χ3v) is 4.21. The molecule has 0 saturated carbocycles. The predicted molar refractivity (Wildman–Crippen MR) is 67.8 cm³/mol. The molecule has 0 spiro atoms. The van der Waals surface area contributed by atoms with Crippen LogP contribution in [-0.4, -0.2) is 24.7 Å². The van der Waals surface area contributed by atoms with Gasteiger partial charge in [0, 0.05) is 18.1 Å². The average molecular weight is 254 g/mol. The minimum absolute atomic E-state index is 0.0192. The van der Waals surface area contributed by atoms with Crippen molar-refractivity contribution in [3.05, 3.63) is 22.4 Å². The van der Waals surface area contributed by atoms with Crippen LogP contribution in [0.25, 0.3) is 0 Å². The molecule has 4 nitrogen and oxygen atoms in total. The molecule has 1 aliphatic heterocycles. The van der Waals surface area contributed by atoms with Gasteiger partial charge in [-0.05, 0) is 31.2 Å². The van der Waals surface area contributed by atoms with Crippen LogP contribution >= 0.6 is 11.3 Å². The number of carbonyl (C=O) groups is 1. The number of nitrogens with one attached hydrogen (secondary N) is 1. The molecule has 3 N–H and O–H groups in total. The van der Waals surface area contributed by atoms with Gasteiger partial charge in [0.15, 0.2) is 0 Å². The van der Waals surface area contributed by atoms with Crippen molar-refractivity contribution in [3.8, 4) is 0 Å². The highest BCUT2D eigenvalue weighted by atomic mass is 32.1. The van der Waals surface area contributed by atoms with E-state index < -0.39 is 5.54 Å². The van der Waals surface area contributed by atoms with Crippen molar-refractivity contribution in [1.29, 1.82) is 0 Å². The van der Waals surface area contributed by atoms with Crippen LogP contribution in [0.2, 0.25) is 0 Å². The molecule has 2 heterocycles. The average Bonchev–Trinajstić information content (AvgIpc) is 2.83. The Morgan fingerprint density at radius 3 is 2.88 bits per heavy atom. The van der Waals surface area contributed by atoms with E-state index in [0.29, 0.717) is 26.1 Å². The first-order valence-electron chi connectivity index (χ1n) is 5.83. The monoisotopic (exact) mass is 254 g/mol. The summed E-state index contributed by atoms with van der Waals surface area (Å²) in [6.45, 7) is 3.11. The van der Waals surface area contributed by atoms with Gasteiger partial charge in [-0.3, -0.25) is 4.79 Å². The van der Waals surface area contributed by atoms with Crippen LogP contribution in [-0.2, 0) is 9.53 Å². The molecule has 0 radical (unpaired) electrons. The van der Waals surface area contributed by atoms with Crippen LogP contribution in [0.3, 0.4) is 0 Å². The van der Waals surface area contributed by atoms with Gasteiger partial charge < -0.3 is 15.8 Å². The molecule has 1 saturated heterocycles. The lowest BCUT2D eigenvalue weighted by atomic mass is 9.90. The first kappa shape index (κ1) is 12.5. The quantitative estimate of drug-likeness (QED) is 0.857. The highest BCUT2D eigenvalue weighted by Gasteiger charge is 2.36. The fourth-order valence-corrected chi connectivity index (χ4v) is 2.65. The Hall–Kier alpha value is -0.910. The molecular weight excluding hydrogens is 236 g/mol. The summed E-state index contributed by atoms with van der Waals surface area (Å²) in [6, 6.07) is 4.02. The second-order valence-electron chi connectivity index (χ2n) is 4.48. The second kappa shape index (κ2) is 5.16. The van der Waals surface area contributed by atoms with E-state index in [9.17, 15) is 4.79 Å². The van der Waals surface area contributed by atoms with Gasteiger partial charge in [0.1, 0.15) is 0 Å². The summed E-state index contributed by atoms with van der Waals surface area (Å²) in [4.78, 5) is 13.3. The molecule has 17 heavy (non-hydrogen) atoms. The number of thiophene rings is 1. The summed E-state index contributed by atoms with van der Waals surface area (Å²) >= 11 is 1.64. The third-order valence-electron chi connectivity index (χ3n) is 3.15. The maximum absolute atomic E-state index is 12.1. The summed E-state index contributed by atoms with van der Waals surface area (Å²) < 4.78 is 5.23. The van der Waals surface area contributed by atoms with Crippen molar-refractivity contribution in [3.63, 3.8) is 0 Å². The maximum Gasteiger partial charge on any atom is 0.240 e.